The lowest BCUT2D eigenvalue weighted by Gasteiger charge is -2.58. The van der Waals surface area contributed by atoms with E-state index in [1.807, 2.05) is 0 Å². The Kier molecular flexibility index (Phi) is 6.46. The van der Waals surface area contributed by atoms with E-state index in [0.29, 0.717) is 23.7 Å². The third-order valence-electron chi connectivity index (χ3n) is 10.2. The minimum Gasteiger partial charge on any atom is -0.462 e. The Morgan fingerprint density at radius 3 is 2.59 bits per heavy atom. The summed E-state index contributed by atoms with van der Waals surface area (Å²) >= 11 is 0. The minimum absolute atomic E-state index is 0.0531. The van der Waals surface area contributed by atoms with Crippen LogP contribution in [0.1, 0.15) is 92.4 Å². The zero-order chi connectivity index (χ0) is 23.3. The molecular formula is C28H41FO3. The summed E-state index contributed by atoms with van der Waals surface area (Å²) in [7, 11) is 0. The van der Waals surface area contributed by atoms with Crippen LogP contribution in [0.5, 0.6) is 0 Å². The summed E-state index contributed by atoms with van der Waals surface area (Å²) in [6.45, 7) is 10.1. The van der Waals surface area contributed by atoms with E-state index in [-0.39, 0.29) is 17.5 Å². The molecule has 8 atom stereocenters. The molecule has 3 fully saturated rings. The van der Waals surface area contributed by atoms with Crippen molar-refractivity contribution in [2.24, 2.45) is 40.4 Å². The lowest BCUT2D eigenvalue weighted by Crippen LogP contribution is -2.51. The lowest BCUT2D eigenvalue weighted by molar-refractivity contribution is -0.148. The van der Waals surface area contributed by atoms with Crippen LogP contribution in [0.15, 0.2) is 23.6 Å². The Balaban J connectivity index is 1.50. The zero-order valence-electron chi connectivity index (χ0n) is 20.6. The van der Waals surface area contributed by atoms with E-state index in [1.54, 1.807) is 0 Å². The predicted octanol–water partition coefficient (Wildman–Crippen LogP) is 6.97. The van der Waals surface area contributed by atoms with E-state index in [2.05, 4.69) is 26.8 Å². The summed E-state index contributed by atoms with van der Waals surface area (Å²) in [6, 6.07) is 0. The SMILES string of the molecule is CC(=O)OC1CCC2(C)C(=CCC3C2CCC2(C)C(C(C)C/C=C(/F)C(C)=O)CCC32)C1. The van der Waals surface area contributed by atoms with Crippen LogP contribution in [-0.2, 0) is 14.3 Å². The summed E-state index contributed by atoms with van der Waals surface area (Å²) in [4.78, 5) is 22.7. The molecule has 32 heavy (non-hydrogen) atoms. The van der Waals surface area contributed by atoms with Crippen molar-refractivity contribution in [2.45, 2.75) is 98.5 Å². The second kappa shape index (κ2) is 8.72. The predicted molar refractivity (Wildman–Crippen MR) is 124 cm³/mol. The minimum atomic E-state index is -0.581. The van der Waals surface area contributed by atoms with Crippen LogP contribution in [0.3, 0.4) is 0 Å². The highest BCUT2D eigenvalue weighted by atomic mass is 19.1. The van der Waals surface area contributed by atoms with Crippen LogP contribution in [0, 0.1) is 40.4 Å². The molecule has 178 valence electrons. The number of esters is 1. The van der Waals surface area contributed by atoms with Gasteiger partial charge in [-0.1, -0.05) is 32.4 Å². The molecule has 8 unspecified atom stereocenters. The average molecular weight is 445 g/mol. The van der Waals surface area contributed by atoms with Gasteiger partial charge in [-0.2, -0.15) is 0 Å². The quantitative estimate of drug-likeness (QED) is 0.261. The van der Waals surface area contributed by atoms with E-state index in [1.165, 1.54) is 51.2 Å². The first-order valence-corrected chi connectivity index (χ1v) is 12.8. The van der Waals surface area contributed by atoms with E-state index in [4.69, 9.17) is 4.74 Å². The molecule has 0 aromatic rings. The van der Waals surface area contributed by atoms with Crippen molar-refractivity contribution < 1.29 is 18.7 Å². The van der Waals surface area contributed by atoms with Gasteiger partial charge >= 0.3 is 5.97 Å². The highest BCUT2D eigenvalue weighted by Crippen LogP contribution is 2.67. The van der Waals surface area contributed by atoms with Crippen LogP contribution in [0.25, 0.3) is 0 Å². The van der Waals surface area contributed by atoms with E-state index >= 15 is 0 Å². The Morgan fingerprint density at radius 2 is 1.91 bits per heavy atom. The van der Waals surface area contributed by atoms with Crippen LogP contribution < -0.4 is 0 Å². The van der Waals surface area contributed by atoms with Crippen molar-refractivity contribution in [2.75, 3.05) is 0 Å². The van der Waals surface area contributed by atoms with Gasteiger partial charge in [-0.25, -0.2) is 4.39 Å². The Labute approximate surface area is 193 Å². The summed E-state index contributed by atoms with van der Waals surface area (Å²) in [5.74, 6) is 1.98. The third kappa shape index (κ3) is 4.01. The molecule has 0 saturated heterocycles. The maximum atomic E-state index is 13.8. The first-order chi connectivity index (χ1) is 15.1. The number of allylic oxidation sites excluding steroid dienone is 3. The Bertz CT molecular complexity index is 829. The van der Waals surface area contributed by atoms with Gasteiger partial charge in [0.15, 0.2) is 11.6 Å². The molecule has 4 aliphatic rings. The average Bonchev–Trinajstić information content (AvgIpc) is 3.08. The molecular weight excluding hydrogens is 403 g/mol. The second-order valence-corrected chi connectivity index (χ2v) is 11.8. The smallest absolute Gasteiger partial charge is 0.302 e. The lowest BCUT2D eigenvalue weighted by atomic mass is 9.47. The first kappa shape index (κ1) is 23.7. The van der Waals surface area contributed by atoms with Crippen molar-refractivity contribution in [3.63, 3.8) is 0 Å². The van der Waals surface area contributed by atoms with E-state index in [9.17, 15) is 14.0 Å². The van der Waals surface area contributed by atoms with Crippen molar-refractivity contribution in [3.05, 3.63) is 23.6 Å². The molecule has 0 radical (unpaired) electrons. The number of hydrogen-bond donors (Lipinski definition) is 0. The van der Waals surface area contributed by atoms with Crippen LogP contribution in [0.4, 0.5) is 4.39 Å². The largest absolute Gasteiger partial charge is 0.462 e. The molecule has 0 heterocycles. The van der Waals surface area contributed by atoms with Crippen molar-refractivity contribution in [1.82, 2.24) is 0 Å². The maximum absolute atomic E-state index is 13.8. The molecule has 3 nitrogen and oxygen atoms in total. The molecule has 4 heteroatoms. The van der Waals surface area contributed by atoms with Crippen LogP contribution in [0.2, 0.25) is 0 Å². The van der Waals surface area contributed by atoms with Crippen molar-refractivity contribution in [1.29, 1.82) is 0 Å². The highest BCUT2D eigenvalue weighted by Gasteiger charge is 2.59. The molecule has 3 saturated carbocycles. The number of hydrogen-bond acceptors (Lipinski definition) is 3. The summed E-state index contributed by atoms with van der Waals surface area (Å²) in [5, 5.41) is 0. The molecule has 0 N–H and O–H groups in total. The zero-order valence-corrected chi connectivity index (χ0v) is 20.6. The van der Waals surface area contributed by atoms with Gasteiger partial charge in [0.25, 0.3) is 0 Å². The van der Waals surface area contributed by atoms with Gasteiger partial charge in [-0.05, 0) is 97.9 Å². The topological polar surface area (TPSA) is 43.4 Å². The number of fused-ring (bicyclic) bond motifs is 5. The summed E-state index contributed by atoms with van der Waals surface area (Å²) in [5.41, 5.74) is 2.10. The third-order valence-corrected chi connectivity index (χ3v) is 10.2. The number of Topliss-reactive ketones (excluding diaryl/α,β-unsaturated/α-hetero) is 1. The van der Waals surface area contributed by atoms with Gasteiger partial charge in [-0.3, -0.25) is 9.59 Å². The molecule has 4 rings (SSSR count). The maximum Gasteiger partial charge on any atom is 0.302 e. The Morgan fingerprint density at radius 1 is 1.16 bits per heavy atom. The van der Waals surface area contributed by atoms with Crippen molar-refractivity contribution in [3.8, 4) is 0 Å². The number of rotatable bonds is 5. The summed E-state index contributed by atoms with van der Waals surface area (Å²) < 4.78 is 19.4. The normalized spacial score (nSPS) is 42.2. The van der Waals surface area contributed by atoms with Gasteiger partial charge in [-0.15, -0.1) is 0 Å². The fourth-order valence-electron chi connectivity index (χ4n) is 8.54. The highest BCUT2D eigenvalue weighted by molar-refractivity contribution is 5.90. The fraction of sp³-hybridized carbons (Fsp3) is 0.786. The first-order valence-electron chi connectivity index (χ1n) is 12.8. The molecule has 0 bridgehead atoms. The number of carbonyl (C=O) groups is 2. The van der Waals surface area contributed by atoms with Gasteiger partial charge in [0.1, 0.15) is 6.10 Å². The van der Waals surface area contributed by atoms with Gasteiger partial charge in [0.2, 0.25) is 0 Å². The number of carbonyl (C=O) groups excluding carboxylic acids is 2. The monoisotopic (exact) mass is 444 g/mol. The molecule has 0 amide bonds. The second-order valence-electron chi connectivity index (χ2n) is 11.8. The molecule has 0 aromatic heterocycles. The van der Waals surface area contributed by atoms with Gasteiger partial charge < -0.3 is 4.74 Å². The van der Waals surface area contributed by atoms with Gasteiger partial charge in [0, 0.05) is 20.3 Å². The van der Waals surface area contributed by atoms with E-state index in [0.717, 1.165) is 43.4 Å². The molecule has 0 aliphatic heterocycles. The summed E-state index contributed by atoms with van der Waals surface area (Å²) in [6.07, 6.45) is 13.9. The van der Waals surface area contributed by atoms with Crippen LogP contribution >= 0.6 is 0 Å². The molecule has 0 aromatic carbocycles. The van der Waals surface area contributed by atoms with Crippen LogP contribution in [-0.4, -0.2) is 17.9 Å². The van der Waals surface area contributed by atoms with E-state index < -0.39 is 11.6 Å². The molecule has 0 spiro atoms. The van der Waals surface area contributed by atoms with Crippen molar-refractivity contribution >= 4 is 11.8 Å². The molecule has 4 aliphatic carbocycles. The standard InChI is InChI=1S/C28H41FO3/c1-17(6-11-26(29)18(2)30)23-9-10-24-22-8-7-20-16-21(32-19(3)31)12-14-27(20,4)25(22)13-15-28(23,24)5/h7,11,17,21-25H,6,8-10,12-16H2,1-5H3/b26-11+. The number of ether oxygens (including phenoxy) is 1. The number of halogens is 1. The number of ketones is 1. The van der Waals surface area contributed by atoms with Gasteiger partial charge in [0.05, 0.1) is 0 Å². The Hall–Kier alpha value is -1.45. The fourth-order valence-corrected chi connectivity index (χ4v) is 8.54.